The van der Waals surface area contributed by atoms with Gasteiger partial charge in [-0.25, -0.2) is 9.37 Å². The minimum atomic E-state index is -0.260. The molecular weight excluding hydrogens is 425 g/mol. The Balaban J connectivity index is 1.60. The molecule has 0 unspecified atom stereocenters. The van der Waals surface area contributed by atoms with Crippen molar-refractivity contribution in [3.8, 4) is 5.75 Å². The van der Waals surface area contributed by atoms with Crippen LogP contribution in [0.25, 0.3) is 0 Å². The second-order valence-corrected chi connectivity index (χ2v) is 8.39. The predicted octanol–water partition coefficient (Wildman–Crippen LogP) is 4.72. The van der Waals surface area contributed by atoms with Crippen LogP contribution < -0.4 is 15.4 Å². The first-order chi connectivity index (χ1) is 14.4. The molecule has 3 aromatic rings. The van der Waals surface area contributed by atoms with E-state index in [9.17, 15) is 14.0 Å². The molecule has 2 amide bonds. The molecule has 3 rings (SSSR count). The number of carbonyl (C=O) groups is 2. The Morgan fingerprint density at radius 2 is 2.00 bits per heavy atom. The number of anilines is 2. The third kappa shape index (κ3) is 6.04. The van der Waals surface area contributed by atoms with Crippen molar-refractivity contribution in [3.63, 3.8) is 0 Å². The van der Waals surface area contributed by atoms with Crippen LogP contribution in [0.15, 0.2) is 52.2 Å². The summed E-state index contributed by atoms with van der Waals surface area (Å²) in [6.07, 6.45) is 0.0876. The third-order valence-corrected chi connectivity index (χ3v) is 6.09. The van der Waals surface area contributed by atoms with Crippen LogP contribution >= 0.6 is 23.1 Å². The SMILES string of the molecule is COc1ccc(NC(C)=O)cc1NC(=O)Cc1csc(SCc2ccccc2F)n1. The number of hydrogen-bond acceptors (Lipinski definition) is 6. The molecule has 1 aromatic heterocycles. The number of benzene rings is 2. The highest BCUT2D eigenvalue weighted by atomic mass is 32.2. The first-order valence-electron chi connectivity index (χ1n) is 9.00. The van der Waals surface area contributed by atoms with Crippen molar-refractivity contribution in [1.29, 1.82) is 0 Å². The molecule has 0 saturated carbocycles. The topological polar surface area (TPSA) is 80.3 Å². The van der Waals surface area contributed by atoms with E-state index in [1.807, 2.05) is 5.38 Å². The van der Waals surface area contributed by atoms with E-state index in [1.54, 1.807) is 36.4 Å². The zero-order valence-electron chi connectivity index (χ0n) is 16.4. The van der Waals surface area contributed by atoms with E-state index in [0.717, 1.165) is 4.34 Å². The first-order valence-corrected chi connectivity index (χ1v) is 10.9. The number of hydrogen-bond donors (Lipinski definition) is 2. The van der Waals surface area contributed by atoms with Crippen LogP contribution in [0.4, 0.5) is 15.8 Å². The summed E-state index contributed by atoms with van der Waals surface area (Å²) in [5.41, 5.74) is 2.26. The average molecular weight is 446 g/mol. The molecule has 0 aliphatic rings. The summed E-state index contributed by atoms with van der Waals surface area (Å²) in [6.45, 7) is 1.41. The van der Waals surface area contributed by atoms with Gasteiger partial charge in [-0.2, -0.15) is 0 Å². The maximum absolute atomic E-state index is 13.7. The summed E-state index contributed by atoms with van der Waals surface area (Å²) in [6, 6.07) is 11.6. The van der Waals surface area contributed by atoms with Gasteiger partial charge in [0.25, 0.3) is 0 Å². The van der Waals surface area contributed by atoms with E-state index in [4.69, 9.17) is 4.74 Å². The Kier molecular flexibility index (Phi) is 7.42. The minimum absolute atomic E-state index is 0.0876. The van der Waals surface area contributed by atoms with Crippen LogP contribution in [0, 0.1) is 5.82 Å². The van der Waals surface area contributed by atoms with Crippen LogP contribution in [0.1, 0.15) is 18.2 Å². The Morgan fingerprint density at radius 3 is 2.73 bits per heavy atom. The summed E-state index contributed by atoms with van der Waals surface area (Å²) < 4.78 is 19.8. The van der Waals surface area contributed by atoms with E-state index in [1.165, 1.54) is 43.2 Å². The second kappa shape index (κ2) is 10.2. The molecule has 6 nitrogen and oxygen atoms in total. The number of ether oxygens (including phenoxy) is 1. The van der Waals surface area contributed by atoms with E-state index in [-0.39, 0.29) is 24.1 Å². The van der Waals surface area contributed by atoms with Crippen molar-refractivity contribution < 1.29 is 18.7 Å². The number of amides is 2. The fraction of sp³-hybridized carbons (Fsp3) is 0.190. The van der Waals surface area contributed by atoms with Gasteiger partial charge in [-0.1, -0.05) is 30.0 Å². The van der Waals surface area contributed by atoms with Gasteiger partial charge in [-0.15, -0.1) is 11.3 Å². The minimum Gasteiger partial charge on any atom is -0.495 e. The lowest BCUT2D eigenvalue weighted by molar-refractivity contribution is -0.116. The zero-order chi connectivity index (χ0) is 21.5. The molecule has 30 heavy (non-hydrogen) atoms. The summed E-state index contributed by atoms with van der Waals surface area (Å²) in [7, 11) is 1.50. The zero-order valence-corrected chi connectivity index (χ0v) is 18.0. The van der Waals surface area contributed by atoms with Gasteiger partial charge in [0, 0.05) is 23.7 Å². The number of halogens is 1. The molecular formula is C21H20FN3O3S2. The molecule has 0 radical (unpaired) electrons. The Bertz CT molecular complexity index is 1060. The molecule has 0 atom stereocenters. The van der Waals surface area contributed by atoms with Crippen LogP contribution in [0.3, 0.4) is 0 Å². The largest absolute Gasteiger partial charge is 0.495 e. The third-order valence-electron chi connectivity index (χ3n) is 3.98. The highest BCUT2D eigenvalue weighted by Crippen LogP contribution is 2.29. The van der Waals surface area contributed by atoms with Gasteiger partial charge in [0.2, 0.25) is 11.8 Å². The molecule has 0 spiro atoms. The van der Waals surface area contributed by atoms with E-state index >= 15 is 0 Å². The average Bonchev–Trinajstić information content (AvgIpc) is 3.14. The normalized spacial score (nSPS) is 10.5. The van der Waals surface area contributed by atoms with Crippen molar-refractivity contribution in [2.45, 2.75) is 23.4 Å². The molecule has 156 valence electrons. The van der Waals surface area contributed by atoms with Gasteiger partial charge in [-0.3, -0.25) is 9.59 Å². The number of nitrogens with one attached hydrogen (secondary N) is 2. The molecule has 1 heterocycles. The second-order valence-electron chi connectivity index (χ2n) is 6.31. The lowest BCUT2D eigenvalue weighted by Crippen LogP contribution is -2.15. The Hall–Kier alpha value is -2.91. The first kappa shape index (κ1) is 21.8. The van der Waals surface area contributed by atoms with E-state index in [0.29, 0.717) is 34.1 Å². The van der Waals surface area contributed by atoms with Crippen molar-refractivity contribution in [3.05, 3.63) is 64.9 Å². The van der Waals surface area contributed by atoms with E-state index in [2.05, 4.69) is 15.6 Å². The lowest BCUT2D eigenvalue weighted by atomic mass is 10.2. The molecule has 0 aliphatic heterocycles. The lowest BCUT2D eigenvalue weighted by Gasteiger charge is -2.12. The summed E-state index contributed by atoms with van der Waals surface area (Å²) in [5, 5.41) is 7.27. The maximum Gasteiger partial charge on any atom is 0.230 e. The molecule has 2 aromatic carbocycles. The van der Waals surface area contributed by atoms with Crippen molar-refractivity contribution >= 4 is 46.3 Å². The molecule has 0 aliphatic carbocycles. The van der Waals surface area contributed by atoms with Gasteiger partial charge in [0.1, 0.15) is 15.9 Å². The van der Waals surface area contributed by atoms with Gasteiger partial charge >= 0.3 is 0 Å². The van der Waals surface area contributed by atoms with Crippen molar-refractivity contribution in [2.75, 3.05) is 17.7 Å². The molecule has 0 fully saturated rings. The molecule has 0 bridgehead atoms. The maximum atomic E-state index is 13.7. The number of thiazole rings is 1. The number of carbonyl (C=O) groups excluding carboxylic acids is 2. The Labute approximate surface area is 181 Å². The van der Waals surface area contributed by atoms with Crippen LogP contribution in [-0.2, 0) is 21.8 Å². The van der Waals surface area contributed by atoms with Crippen LogP contribution in [0.5, 0.6) is 5.75 Å². The highest BCUT2D eigenvalue weighted by molar-refractivity contribution is 8.00. The highest BCUT2D eigenvalue weighted by Gasteiger charge is 2.13. The Morgan fingerprint density at radius 1 is 1.20 bits per heavy atom. The molecule has 2 N–H and O–H groups in total. The van der Waals surface area contributed by atoms with Gasteiger partial charge < -0.3 is 15.4 Å². The monoisotopic (exact) mass is 445 g/mol. The predicted molar refractivity (Wildman–Crippen MR) is 118 cm³/mol. The smallest absolute Gasteiger partial charge is 0.230 e. The fourth-order valence-electron chi connectivity index (χ4n) is 2.64. The number of aromatic nitrogens is 1. The quantitative estimate of drug-likeness (QED) is 0.490. The van der Waals surface area contributed by atoms with E-state index < -0.39 is 0 Å². The standard InChI is InChI=1S/C21H20FN3O3S2/c1-13(26)23-15-7-8-19(28-2)18(9-15)25-20(27)10-16-12-30-21(24-16)29-11-14-5-3-4-6-17(14)22/h3-9,12H,10-11H2,1-2H3,(H,23,26)(H,25,27). The number of thioether (sulfide) groups is 1. The van der Waals surface area contributed by atoms with Gasteiger partial charge in [0.05, 0.1) is 24.9 Å². The van der Waals surface area contributed by atoms with Crippen LogP contribution in [-0.4, -0.2) is 23.9 Å². The molecule has 0 saturated heterocycles. The van der Waals surface area contributed by atoms with Gasteiger partial charge in [-0.05, 0) is 29.8 Å². The van der Waals surface area contributed by atoms with Crippen molar-refractivity contribution in [2.24, 2.45) is 0 Å². The summed E-state index contributed by atoms with van der Waals surface area (Å²) >= 11 is 2.85. The number of nitrogens with zero attached hydrogens (tertiary/aromatic N) is 1. The summed E-state index contributed by atoms with van der Waals surface area (Å²) in [5.74, 6) is 0.247. The summed E-state index contributed by atoms with van der Waals surface area (Å²) in [4.78, 5) is 28.2. The number of methoxy groups -OCH3 is 1. The van der Waals surface area contributed by atoms with Crippen molar-refractivity contribution in [1.82, 2.24) is 4.98 Å². The number of rotatable bonds is 8. The van der Waals surface area contributed by atoms with Crippen LogP contribution in [0.2, 0.25) is 0 Å². The fourth-order valence-corrected chi connectivity index (χ4v) is 4.47. The molecule has 9 heteroatoms. The van der Waals surface area contributed by atoms with Gasteiger partial charge in [0.15, 0.2) is 0 Å².